The van der Waals surface area contributed by atoms with E-state index in [4.69, 9.17) is 10.5 Å². The second-order valence-corrected chi connectivity index (χ2v) is 5.14. The van der Waals surface area contributed by atoms with Crippen LogP contribution in [0.2, 0.25) is 0 Å². The number of anilines is 1. The second-order valence-electron chi connectivity index (χ2n) is 5.14. The predicted octanol–water partition coefficient (Wildman–Crippen LogP) is 1.74. The van der Waals surface area contributed by atoms with Crippen molar-refractivity contribution in [3.63, 3.8) is 0 Å². The standard InChI is InChI=1S/C15H25N3O2/c1-11(2)18(3)9-5-8-17-15(19)13-7-6-12(16)10-14(13)20-4/h6-7,10-11H,5,8-9,16H2,1-4H3,(H,17,19). The second kappa shape index (κ2) is 7.75. The van der Waals surface area contributed by atoms with Crippen LogP contribution in [0.5, 0.6) is 5.75 Å². The molecule has 0 aliphatic rings. The summed E-state index contributed by atoms with van der Waals surface area (Å²) >= 11 is 0. The Morgan fingerprint density at radius 2 is 2.15 bits per heavy atom. The van der Waals surface area contributed by atoms with Gasteiger partial charge in [-0.05, 0) is 46.0 Å². The molecule has 112 valence electrons. The fourth-order valence-corrected chi connectivity index (χ4v) is 1.78. The molecule has 1 aromatic rings. The Morgan fingerprint density at radius 1 is 1.45 bits per heavy atom. The van der Waals surface area contributed by atoms with Gasteiger partial charge in [0.05, 0.1) is 12.7 Å². The average Bonchev–Trinajstić information content (AvgIpc) is 2.42. The van der Waals surface area contributed by atoms with Crippen LogP contribution in [0.4, 0.5) is 5.69 Å². The molecule has 0 bridgehead atoms. The minimum atomic E-state index is -0.131. The molecule has 0 unspecified atom stereocenters. The molecule has 3 N–H and O–H groups in total. The Balaban J connectivity index is 2.47. The summed E-state index contributed by atoms with van der Waals surface area (Å²) in [6.45, 7) is 5.90. The molecule has 0 heterocycles. The number of benzene rings is 1. The summed E-state index contributed by atoms with van der Waals surface area (Å²) in [6, 6.07) is 5.55. The van der Waals surface area contributed by atoms with Crippen LogP contribution in [0.3, 0.4) is 0 Å². The number of amides is 1. The van der Waals surface area contributed by atoms with Gasteiger partial charge in [0.15, 0.2) is 0 Å². The molecule has 0 radical (unpaired) electrons. The molecule has 0 aromatic heterocycles. The molecule has 0 aliphatic carbocycles. The van der Waals surface area contributed by atoms with E-state index in [2.05, 4.69) is 31.1 Å². The van der Waals surface area contributed by atoms with E-state index >= 15 is 0 Å². The fourth-order valence-electron chi connectivity index (χ4n) is 1.78. The number of ether oxygens (including phenoxy) is 1. The number of carbonyl (C=O) groups excluding carboxylic acids is 1. The molecular formula is C15H25N3O2. The maximum Gasteiger partial charge on any atom is 0.255 e. The van der Waals surface area contributed by atoms with Gasteiger partial charge in [0.1, 0.15) is 5.75 Å². The highest BCUT2D eigenvalue weighted by Crippen LogP contribution is 2.21. The lowest BCUT2D eigenvalue weighted by molar-refractivity contribution is 0.0948. The molecule has 1 amide bonds. The first-order chi connectivity index (χ1) is 9.45. The van der Waals surface area contributed by atoms with Crippen molar-refractivity contribution in [2.75, 3.05) is 33.0 Å². The molecule has 0 spiro atoms. The highest BCUT2D eigenvalue weighted by molar-refractivity contribution is 5.97. The van der Waals surface area contributed by atoms with Crippen LogP contribution in [-0.2, 0) is 0 Å². The van der Waals surface area contributed by atoms with E-state index in [0.29, 0.717) is 29.6 Å². The first-order valence-corrected chi connectivity index (χ1v) is 6.87. The molecular weight excluding hydrogens is 254 g/mol. The van der Waals surface area contributed by atoms with Crippen LogP contribution in [0, 0.1) is 0 Å². The number of hydrogen-bond acceptors (Lipinski definition) is 4. The minimum Gasteiger partial charge on any atom is -0.496 e. The van der Waals surface area contributed by atoms with Gasteiger partial charge in [-0.2, -0.15) is 0 Å². The molecule has 0 saturated carbocycles. The number of methoxy groups -OCH3 is 1. The summed E-state index contributed by atoms with van der Waals surface area (Å²) in [6.07, 6.45) is 0.914. The Kier molecular flexibility index (Phi) is 6.31. The Morgan fingerprint density at radius 3 is 2.75 bits per heavy atom. The van der Waals surface area contributed by atoms with Gasteiger partial charge < -0.3 is 20.7 Å². The molecule has 1 aromatic carbocycles. The lowest BCUT2D eigenvalue weighted by Gasteiger charge is -2.20. The smallest absolute Gasteiger partial charge is 0.255 e. The van der Waals surface area contributed by atoms with Crippen LogP contribution < -0.4 is 15.8 Å². The zero-order chi connectivity index (χ0) is 15.1. The van der Waals surface area contributed by atoms with E-state index < -0.39 is 0 Å². The van der Waals surface area contributed by atoms with E-state index in [1.807, 2.05) is 0 Å². The van der Waals surface area contributed by atoms with Crippen molar-refractivity contribution in [2.24, 2.45) is 0 Å². The van der Waals surface area contributed by atoms with E-state index in [1.54, 1.807) is 18.2 Å². The third-order valence-electron chi connectivity index (χ3n) is 3.32. The number of rotatable bonds is 7. The predicted molar refractivity (Wildman–Crippen MR) is 82.1 cm³/mol. The molecule has 0 saturated heterocycles. The fraction of sp³-hybridized carbons (Fsp3) is 0.533. The van der Waals surface area contributed by atoms with Gasteiger partial charge in [0.2, 0.25) is 0 Å². The van der Waals surface area contributed by atoms with Crippen molar-refractivity contribution >= 4 is 11.6 Å². The monoisotopic (exact) mass is 279 g/mol. The summed E-state index contributed by atoms with van der Waals surface area (Å²) in [5.41, 5.74) is 6.76. The molecule has 5 nitrogen and oxygen atoms in total. The Bertz CT molecular complexity index is 447. The lowest BCUT2D eigenvalue weighted by atomic mass is 10.1. The number of carbonyl (C=O) groups is 1. The topological polar surface area (TPSA) is 67.6 Å². The van der Waals surface area contributed by atoms with E-state index in [1.165, 1.54) is 7.11 Å². The normalized spacial score (nSPS) is 10.9. The number of nitrogens with zero attached hydrogens (tertiary/aromatic N) is 1. The van der Waals surface area contributed by atoms with Crippen molar-refractivity contribution < 1.29 is 9.53 Å². The average molecular weight is 279 g/mol. The first-order valence-electron chi connectivity index (χ1n) is 6.87. The zero-order valence-corrected chi connectivity index (χ0v) is 12.8. The van der Waals surface area contributed by atoms with E-state index in [0.717, 1.165) is 13.0 Å². The summed E-state index contributed by atoms with van der Waals surface area (Å²) in [5.74, 6) is 0.371. The highest BCUT2D eigenvalue weighted by atomic mass is 16.5. The number of nitrogens with two attached hydrogens (primary N) is 1. The van der Waals surface area contributed by atoms with E-state index in [9.17, 15) is 4.79 Å². The summed E-state index contributed by atoms with van der Waals surface area (Å²) < 4.78 is 5.17. The summed E-state index contributed by atoms with van der Waals surface area (Å²) in [5, 5.41) is 2.90. The molecule has 0 atom stereocenters. The molecule has 1 rings (SSSR count). The van der Waals surface area contributed by atoms with Crippen LogP contribution in [0.15, 0.2) is 18.2 Å². The van der Waals surface area contributed by atoms with Crippen LogP contribution in [-0.4, -0.2) is 44.1 Å². The highest BCUT2D eigenvalue weighted by Gasteiger charge is 2.12. The van der Waals surface area contributed by atoms with Gasteiger partial charge in [0.25, 0.3) is 5.91 Å². The molecule has 20 heavy (non-hydrogen) atoms. The largest absolute Gasteiger partial charge is 0.496 e. The third kappa shape index (κ3) is 4.74. The SMILES string of the molecule is COc1cc(N)ccc1C(=O)NCCCN(C)C(C)C. The third-order valence-corrected chi connectivity index (χ3v) is 3.32. The number of nitrogens with one attached hydrogen (secondary N) is 1. The Labute approximate surface area is 121 Å². The van der Waals surface area contributed by atoms with Crippen molar-refractivity contribution in [3.8, 4) is 5.75 Å². The molecule has 0 fully saturated rings. The van der Waals surface area contributed by atoms with Crippen molar-refractivity contribution in [3.05, 3.63) is 23.8 Å². The van der Waals surface area contributed by atoms with Crippen LogP contribution in [0.1, 0.15) is 30.6 Å². The van der Waals surface area contributed by atoms with Crippen molar-refractivity contribution in [1.82, 2.24) is 10.2 Å². The van der Waals surface area contributed by atoms with E-state index in [-0.39, 0.29) is 5.91 Å². The van der Waals surface area contributed by atoms with Gasteiger partial charge in [-0.3, -0.25) is 4.79 Å². The van der Waals surface area contributed by atoms with Crippen LogP contribution in [0.25, 0.3) is 0 Å². The van der Waals surface area contributed by atoms with Gasteiger partial charge >= 0.3 is 0 Å². The number of hydrogen-bond donors (Lipinski definition) is 2. The first kappa shape index (κ1) is 16.3. The quantitative estimate of drug-likeness (QED) is 0.589. The number of nitrogen functional groups attached to an aromatic ring is 1. The Hall–Kier alpha value is -1.75. The summed E-state index contributed by atoms with van der Waals surface area (Å²) in [4.78, 5) is 14.3. The zero-order valence-electron chi connectivity index (χ0n) is 12.8. The van der Waals surface area contributed by atoms with Crippen LogP contribution >= 0.6 is 0 Å². The molecule has 5 heteroatoms. The van der Waals surface area contributed by atoms with Crippen molar-refractivity contribution in [1.29, 1.82) is 0 Å². The van der Waals surface area contributed by atoms with Gasteiger partial charge in [-0.15, -0.1) is 0 Å². The van der Waals surface area contributed by atoms with Crippen molar-refractivity contribution in [2.45, 2.75) is 26.3 Å². The maximum absolute atomic E-state index is 12.1. The minimum absolute atomic E-state index is 0.131. The lowest BCUT2D eigenvalue weighted by Crippen LogP contribution is -2.31. The van der Waals surface area contributed by atoms with Gasteiger partial charge in [0, 0.05) is 24.3 Å². The van der Waals surface area contributed by atoms with Gasteiger partial charge in [-0.1, -0.05) is 0 Å². The summed E-state index contributed by atoms with van der Waals surface area (Å²) in [7, 11) is 3.61. The maximum atomic E-state index is 12.1. The van der Waals surface area contributed by atoms with Gasteiger partial charge in [-0.25, -0.2) is 0 Å². The molecule has 0 aliphatic heterocycles.